The lowest BCUT2D eigenvalue weighted by Crippen LogP contribution is -2.00. The van der Waals surface area contributed by atoms with Gasteiger partial charge in [-0.15, -0.1) is 0 Å². The van der Waals surface area contributed by atoms with E-state index in [1.807, 2.05) is 25.3 Å². The van der Waals surface area contributed by atoms with Crippen LogP contribution in [0.25, 0.3) is 5.69 Å². The van der Waals surface area contributed by atoms with Crippen molar-refractivity contribution >= 4 is 5.95 Å². The van der Waals surface area contributed by atoms with E-state index >= 15 is 0 Å². The first kappa shape index (κ1) is 7.79. The molecule has 0 unspecified atom stereocenters. The lowest BCUT2D eigenvalue weighted by molar-refractivity contribution is 1.04. The summed E-state index contributed by atoms with van der Waals surface area (Å²) in [5.74, 6) is 0.477. The van der Waals surface area contributed by atoms with Crippen molar-refractivity contribution < 1.29 is 0 Å². The van der Waals surface area contributed by atoms with Crippen LogP contribution in [-0.2, 0) is 0 Å². The Kier molecular flexibility index (Phi) is 1.73. The lowest BCUT2D eigenvalue weighted by Gasteiger charge is -2.03. The third kappa shape index (κ3) is 1.38. The van der Waals surface area contributed by atoms with Crippen molar-refractivity contribution in [2.45, 2.75) is 6.92 Å². The normalized spacial score (nSPS) is 10.2. The number of imidazole rings is 1. The molecule has 2 N–H and O–H groups in total. The van der Waals surface area contributed by atoms with Crippen LogP contribution < -0.4 is 5.73 Å². The number of hydrogen-bond acceptors (Lipinski definition) is 3. The summed E-state index contributed by atoms with van der Waals surface area (Å²) in [4.78, 5) is 8.10. The molecule has 0 saturated carbocycles. The molecule has 0 atom stereocenters. The minimum atomic E-state index is 0.477. The van der Waals surface area contributed by atoms with Crippen LogP contribution in [0.4, 0.5) is 5.95 Å². The summed E-state index contributed by atoms with van der Waals surface area (Å²) in [5, 5.41) is 0. The summed E-state index contributed by atoms with van der Waals surface area (Å²) in [6.45, 7) is 1.95. The van der Waals surface area contributed by atoms with Gasteiger partial charge in [-0.1, -0.05) is 0 Å². The smallest absolute Gasteiger partial charge is 0.204 e. The van der Waals surface area contributed by atoms with Gasteiger partial charge in [0, 0.05) is 18.1 Å². The molecule has 0 aliphatic heterocycles. The van der Waals surface area contributed by atoms with Crippen LogP contribution in [0.5, 0.6) is 0 Å². The van der Waals surface area contributed by atoms with E-state index in [0.717, 1.165) is 11.4 Å². The average molecular weight is 174 g/mol. The van der Waals surface area contributed by atoms with Crippen molar-refractivity contribution in [3.05, 3.63) is 36.4 Å². The topological polar surface area (TPSA) is 56.7 Å². The summed E-state index contributed by atoms with van der Waals surface area (Å²) in [7, 11) is 0. The van der Waals surface area contributed by atoms with Crippen LogP contribution in [0.15, 0.2) is 30.7 Å². The maximum absolute atomic E-state index is 5.63. The van der Waals surface area contributed by atoms with Crippen LogP contribution in [0.2, 0.25) is 0 Å². The Morgan fingerprint density at radius 3 is 2.69 bits per heavy atom. The molecule has 0 saturated heterocycles. The zero-order valence-corrected chi connectivity index (χ0v) is 7.31. The molecule has 2 rings (SSSR count). The molecule has 0 spiro atoms. The largest absolute Gasteiger partial charge is 0.369 e. The summed E-state index contributed by atoms with van der Waals surface area (Å²) in [6, 6.07) is 3.90. The molecule has 0 aliphatic carbocycles. The number of anilines is 1. The fraction of sp³-hybridized carbons (Fsp3) is 0.111. The van der Waals surface area contributed by atoms with E-state index in [1.54, 1.807) is 17.0 Å². The van der Waals surface area contributed by atoms with Crippen LogP contribution >= 0.6 is 0 Å². The van der Waals surface area contributed by atoms with Crippen LogP contribution in [-0.4, -0.2) is 14.5 Å². The van der Waals surface area contributed by atoms with Gasteiger partial charge < -0.3 is 5.73 Å². The first-order valence-electron chi connectivity index (χ1n) is 3.99. The second-order valence-corrected chi connectivity index (χ2v) is 2.81. The highest BCUT2D eigenvalue weighted by Crippen LogP contribution is 2.10. The van der Waals surface area contributed by atoms with Crippen molar-refractivity contribution in [1.82, 2.24) is 14.5 Å². The number of aryl methyl sites for hydroxylation is 1. The predicted octanol–water partition coefficient (Wildman–Crippen LogP) is 1.16. The summed E-state index contributed by atoms with van der Waals surface area (Å²) in [5.41, 5.74) is 7.55. The molecule has 0 aliphatic rings. The molecule has 0 bridgehead atoms. The van der Waals surface area contributed by atoms with Gasteiger partial charge in [0.2, 0.25) is 5.95 Å². The summed E-state index contributed by atoms with van der Waals surface area (Å²) >= 11 is 0. The molecule has 13 heavy (non-hydrogen) atoms. The average Bonchev–Trinajstić information content (AvgIpc) is 2.53. The highest BCUT2D eigenvalue weighted by atomic mass is 15.1. The van der Waals surface area contributed by atoms with Crippen molar-refractivity contribution in [3.63, 3.8) is 0 Å². The van der Waals surface area contributed by atoms with E-state index in [0.29, 0.717) is 5.95 Å². The van der Waals surface area contributed by atoms with Crippen molar-refractivity contribution in [2.75, 3.05) is 5.73 Å². The Labute approximate surface area is 76.1 Å². The molecule has 2 aromatic rings. The number of aromatic nitrogens is 3. The molecule has 4 heteroatoms. The van der Waals surface area contributed by atoms with Gasteiger partial charge in [-0.25, -0.2) is 4.98 Å². The second kappa shape index (κ2) is 2.90. The molecule has 0 aromatic carbocycles. The number of rotatable bonds is 1. The van der Waals surface area contributed by atoms with Crippen molar-refractivity contribution in [1.29, 1.82) is 0 Å². The molecule has 0 fully saturated rings. The van der Waals surface area contributed by atoms with Crippen LogP contribution in [0.3, 0.4) is 0 Å². The third-order valence-corrected chi connectivity index (χ3v) is 1.84. The maximum Gasteiger partial charge on any atom is 0.204 e. The Hall–Kier alpha value is -1.84. The third-order valence-electron chi connectivity index (χ3n) is 1.84. The number of nitrogen functional groups attached to an aromatic ring is 1. The zero-order chi connectivity index (χ0) is 9.26. The fourth-order valence-electron chi connectivity index (χ4n) is 1.14. The van der Waals surface area contributed by atoms with Gasteiger partial charge in [-0.3, -0.25) is 9.55 Å². The van der Waals surface area contributed by atoms with Gasteiger partial charge in [0.15, 0.2) is 0 Å². The van der Waals surface area contributed by atoms with Crippen molar-refractivity contribution in [2.24, 2.45) is 0 Å². The minimum Gasteiger partial charge on any atom is -0.369 e. The fourth-order valence-corrected chi connectivity index (χ4v) is 1.14. The molecule has 66 valence electrons. The van der Waals surface area contributed by atoms with E-state index in [1.165, 1.54) is 0 Å². The minimum absolute atomic E-state index is 0.477. The van der Waals surface area contributed by atoms with Gasteiger partial charge in [-0.2, -0.15) is 0 Å². The molecule has 4 nitrogen and oxygen atoms in total. The van der Waals surface area contributed by atoms with E-state index in [4.69, 9.17) is 5.73 Å². The SMILES string of the molecule is Cc1ccc(-n2ccnc2N)cn1. The molecule has 2 heterocycles. The highest BCUT2D eigenvalue weighted by molar-refractivity contribution is 5.37. The highest BCUT2D eigenvalue weighted by Gasteiger charge is 1.99. The Morgan fingerprint density at radius 2 is 2.15 bits per heavy atom. The van der Waals surface area contributed by atoms with E-state index < -0.39 is 0 Å². The van der Waals surface area contributed by atoms with Crippen molar-refractivity contribution in [3.8, 4) is 5.69 Å². The van der Waals surface area contributed by atoms with E-state index in [2.05, 4.69) is 9.97 Å². The monoisotopic (exact) mass is 174 g/mol. The van der Waals surface area contributed by atoms with E-state index in [9.17, 15) is 0 Å². The van der Waals surface area contributed by atoms with Gasteiger partial charge in [0.05, 0.1) is 11.9 Å². The Morgan fingerprint density at radius 1 is 1.31 bits per heavy atom. The first-order chi connectivity index (χ1) is 6.27. The molecule has 0 radical (unpaired) electrons. The van der Waals surface area contributed by atoms with Crippen LogP contribution in [0.1, 0.15) is 5.69 Å². The first-order valence-corrected chi connectivity index (χ1v) is 3.99. The predicted molar refractivity (Wildman–Crippen MR) is 50.5 cm³/mol. The Bertz CT molecular complexity index is 402. The Balaban J connectivity index is 2.47. The number of pyridine rings is 1. The van der Waals surface area contributed by atoms with Gasteiger partial charge >= 0.3 is 0 Å². The van der Waals surface area contributed by atoms with E-state index in [-0.39, 0.29) is 0 Å². The quantitative estimate of drug-likeness (QED) is 0.705. The van der Waals surface area contributed by atoms with Gasteiger partial charge in [0.25, 0.3) is 0 Å². The summed E-state index contributed by atoms with van der Waals surface area (Å²) < 4.78 is 1.78. The number of nitrogens with two attached hydrogens (primary N) is 1. The molecular formula is C9H10N4. The lowest BCUT2D eigenvalue weighted by atomic mass is 10.3. The molecular weight excluding hydrogens is 164 g/mol. The number of nitrogens with zero attached hydrogens (tertiary/aromatic N) is 3. The maximum atomic E-state index is 5.63. The molecule has 2 aromatic heterocycles. The van der Waals surface area contributed by atoms with Gasteiger partial charge in [-0.05, 0) is 19.1 Å². The number of hydrogen-bond donors (Lipinski definition) is 1. The molecule has 0 amide bonds. The van der Waals surface area contributed by atoms with Gasteiger partial charge in [0.1, 0.15) is 0 Å². The second-order valence-electron chi connectivity index (χ2n) is 2.81. The summed E-state index contributed by atoms with van der Waals surface area (Å²) in [6.07, 6.45) is 5.24. The standard InChI is InChI=1S/C9H10N4/c1-7-2-3-8(6-12-7)13-5-4-11-9(13)10/h2-6H,1H3,(H2,10,11). The zero-order valence-electron chi connectivity index (χ0n) is 7.31. The van der Waals surface area contributed by atoms with Crippen LogP contribution in [0, 0.1) is 6.92 Å².